The molecule has 22 heavy (non-hydrogen) atoms. The molecule has 1 fully saturated rings. The first kappa shape index (κ1) is 15.5. The summed E-state index contributed by atoms with van der Waals surface area (Å²) >= 11 is 9.46. The van der Waals surface area contributed by atoms with Crippen molar-refractivity contribution < 1.29 is 14.3 Å². The van der Waals surface area contributed by atoms with Crippen molar-refractivity contribution in [3.63, 3.8) is 0 Å². The lowest BCUT2D eigenvalue weighted by Gasteiger charge is -2.12. The van der Waals surface area contributed by atoms with Crippen LogP contribution in [0.4, 0.5) is 0 Å². The topological polar surface area (TPSA) is 35.5 Å². The van der Waals surface area contributed by atoms with Crippen LogP contribution in [0.3, 0.4) is 0 Å². The zero-order chi connectivity index (χ0) is 15.5. The molecule has 3 rings (SSSR count). The first-order chi connectivity index (χ1) is 10.6. The molecule has 2 aromatic carbocycles. The number of carbonyl (C=O) groups excluding carboxylic acids is 1. The molecule has 1 saturated heterocycles. The van der Waals surface area contributed by atoms with Crippen LogP contribution in [0.25, 0.3) is 0 Å². The molecular formula is C17H14BrClO3. The second kappa shape index (κ2) is 6.82. The average molecular weight is 382 g/mol. The summed E-state index contributed by atoms with van der Waals surface area (Å²) in [7, 11) is 0. The number of hydrogen-bond acceptors (Lipinski definition) is 3. The standard InChI is InChI=1S/C17H14BrClO3/c18-12-3-6-16(19)15(9-12)17(20)11-1-4-13(5-2-11)22-14-7-8-21-10-14/h1-6,9,14H,7-8,10H2/t14-/m1/s1. The Morgan fingerprint density at radius 2 is 2.00 bits per heavy atom. The molecule has 114 valence electrons. The fourth-order valence-corrected chi connectivity index (χ4v) is 2.87. The molecule has 1 aliphatic rings. The van der Waals surface area contributed by atoms with Gasteiger partial charge in [0.1, 0.15) is 11.9 Å². The molecule has 0 aromatic heterocycles. The minimum absolute atomic E-state index is 0.0982. The molecule has 1 atom stereocenters. The van der Waals surface area contributed by atoms with Gasteiger partial charge >= 0.3 is 0 Å². The van der Waals surface area contributed by atoms with Crippen molar-refractivity contribution in [2.24, 2.45) is 0 Å². The van der Waals surface area contributed by atoms with Crippen LogP contribution in [0.15, 0.2) is 46.9 Å². The Bertz CT molecular complexity index is 679. The fraction of sp³-hybridized carbons (Fsp3) is 0.235. The van der Waals surface area contributed by atoms with Gasteiger partial charge < -0.3 is 9.47 Å². The van der Waals surface area contributed by atoms with Crippen molar-refractivity contribution in [3.8, 4) is 5.75 Å². The molecule has 0 unspecified atom stereocenters. The lowest BCUT2D eigenvalue weighted by molar-refractivity contribution is 0.103. The molecule has 3 nitrogen and oxygen atoms in total. The Morgan fingerprint density at radius 1 is 1.23 bits per heavy atom. The second-order valence-electron chi connectivity index (χ2n) is 5.08. The highest BCUT2D eigenvalue weighted by Gasteiger charge is 2.18. The van der Waals surface area contributed by atoms with E-state index in [1.54, 1.807) is 42.5 Å². The maximum absolute atomic E-state index is 12.5. The van der Waals surface area contributed by atoms with Crippen molar-refractivity contribution in [2.45, 2.75) is 12.5 Å². The smallest absolute Gasteiger partial charge is 0.194 e. The average Bonchev–Trinajstić information content (AvgIpc) is 3.03. The SMILES string of the molecule is O=C(c1ccc(O[C@@H]2CCOC2)cc1)c1cc(Br)ccc1Cl. The third-order valence-electron chi connectivity index (χ3n) is 3.48. The van der Waals surface area contributed by atoms with Crippen molar-refractivity contribution in [1.29, 1.82) is 0 Å². The fourth-order valence-electron chi connectivity index (χ4n) is 2.31. The minimum atomic E-state index is -0.109. The van der Waals surface area contributed by atoms with E-state index in [9.17, 15) is 4.79 Å². The van der Waals surface area contributed by atoms with Gasteiger partial charge in [-0.05, 0) is 42.5 Å². The molecule has 0 radical (unpaired) electrons. The predicted octanol–water partition coefficient (Wildman–Crippen LogP) is 4.50. The normalized spacial score (nSPS) is 17.5. The Hall–Kier alpha value is -1.36. The van der Waals surface area contributed by atoms with E-state index < -0.39 is 0 Å². The quantitative estimate of drug-likeness (QED) is 0.731. The maximum atomic E-state index is 12.5. The van der Waals surface area contributed by atoms with Gasteiger partial charge in [-0.1, -0.05) is 27.5 Å². The summed E-state index contributed by atoms with van der Waals surface area (Å²) in [5.41, 5.74) is 1.06. The summed E-state index contributed by atoms with van der Waals surface area (Å²) in [5, 5.41) is 0.441. The van der Waals surface area contributed by atoms with E-state index in [-0.39, 0.29) is 11.9 Å². The van der Waals surface area contributed by atoms with E-state index in [1.807, 2.05) is 0 Å². The van der Waals surface area contributed by atoms with E-state index in [4.69, 9.17) is 21.1 Å². The van der Waals surface area contributed by atoms with Crippen molar-refractivity contribution in [1.82, 2.24) is 0 Å². The van der Waals surface area contributed by atoms with Crippen molar-refractivity contribution in [2.75, 3.05) is 13.2 Å². The highest BCUT2D eigenvalue weighted by Crippen LogP contribution is 2.25. The van der Waals surface area contributed by atoms with Crippen LogP contribution < -0.4 is 4.74 Å². The van der Waals surface area contributed by atoms with Crippen LogP contribution in [-0.4, -0.2) is 25.1 Å². The summed E-state index contributed by atoms with van der Waals surface area (Å²) in [6.45, 7) is 1.36. The van der Waals surface area contributed by atoms with Gasteiger partial charge in [-0.2, -0.15) is 0 Å². The maximum Gasteiger partial charge on any atom is 0.194 e. The van der Waals surface area contributed by atoms with E-state index in [0.29, 0.717) is 22.8 Å². The molecule has 0 amide bonds. The largest absolute Gasteiger partial charge is 0.488 e. The molecule has 5 heteroatoms. The van der Waals surface area contributed by atoms with Gasteiger partial charge in [-0.3, -0.25) is 4.79 Å². The molecule has 1 aliphatic heterocycles. The van der Waals surface area contributed by atoms with Gasteiger partial charge in [0.15, 0.2) is 5.78 Å². The van der Waals surface area contributed by atoms with Crippen LogP contribution in [0.2, 0.25) is 5.02 Å². The third-order valence-corrected chi connectivity index (χ3v) is 4.30. The Morgan fingerprint density at radius 3 is 2.68 bits per heavy atom. The number of rotatable bonds is 4. The minimum Gasteiger partial charge on any atom is -0.488 e. The van der Waals surface area contributed by atoms with E-state index in [2.05, 4.69) is 15.9 Å². The van der Waals surface area contributed by atoms with Crippen LogP contribution in [0.1, 0.15) is 22.3 Å². The number of hydrogen-bond donors (Lipinski definition) is 0. The van der Waals surface area contributed by atoms with Gasteiger partial charge in [-0.15, -0.1) is 0 Å². The Labute approximate surface area is 142 Å². The molecule has 0 spiro atoms. The highest BCUT2D eigenvalue weighted by atomic mass is 79.9. The molecule has 0 aliphatic carbocycles. The van der Waals surface area contributed by atoms with Gasteiger partial charge in [0.05, 0.1) is 18.2 Å². The van der Waals surface area contributed by atoms with E-state index in [0.717, 1.165) is 23.2 Å². The van der Waals surface area contributed by atoms with Gasteiger partial charge in [0, 0.05) is 22.0 Å². The summed E-state index contributed by atoms with van der Waals surface area (Å²) in [6, 6.07) is 12.4. The summed E-state index contributed by atoms with van der Waals surface area (Å²) in [6.07, 6.45) is 0.995. The lowest BCUT2D eigenvalue weighted by Crippen LogP contribution is -2.15. The molecule has 0 saturated carbocycles. The number of carbonyl (C=O) groups is 1. The van der Waals surface area contributed by atoms with E-state index in [1.165, 1.54) is 0 Å². The molecule has 1 heterocycles. The third kappa shape index (κ3) is 3.51. The summed E-state index contributed by atoms with van der Waals surface area (Å²) in [5.74, 6) is 0.634. The highest BCUT2D eigenvalue weighted by molar-refractivity contribution is 9.10. The zero-order valence-corrected chi connectivity index (χ0v) is 14.1. The van der Waals surface area contributed by atoms with Crippen LogP contribution >= 0.6 is 27.5 Å². The van der Waals surface area contributed by atoms with Crippen molar-refractivity contribution in [3.05, 3.63) is 63.1 Å². The summed E-state index contributed by atoms with van der Waals surface area (Å²) in [4.78, 5) is 12.5. The monoisotopic (exact) mass is 380 g/mol. The summed E-state index contributed by atoms with van der Waals surface area (Å²) < 4.78 is 11.9. The molecular weight excluding hydrogens is 368 g/mol. The first-order valence-corrected chi connectivity index (χ1v) is 8.15. The number of halogens is 2. The van der Waals surface area contributed by atoms with E-state index >= 15 is 0 Å². The van der Waals surface area contributed by atoms with Crippen LogP contribution in [-0.2, 0) is 4.74 Å². The number of ketones is 1. The predicted molar refractivity (Wildman–Crippen MR) is 88.9 cm³/mol. The Balaban J connectivity index is 1.77. The second-order valence-corrected chi connectivity index (χ2v) is 6.40. The first-order valence-electron chi connectivity index (χ1n) is 6.98. The number of benzene rings is 2. The number of ether oxygens (including phenoxy) is 2. The molecule has 2 aromatic rings. The van der Waals surface area contributed by atoms with Crippen molar-refractivity contribution >= 4 is 33.3 Å². The lowest BCUT2D eigenvalue weighted by atomic mass is 10.0. The van der Waals surface area contributed by atoms with Crippen LogP contribution in [0, 0.1) is 0 Å². The zero-order valence-electron chi connectivity index (χ0n) is 11.7. The van der Waals surface area contributed by atoms with Gasteiger partial charge in [-0.25, -0.2) is 0 Å². The van der Waals surface area contributed by atoms with Crippen LogP contribution in [0.5, 0.6) is 5.75 Å². The molecule has 0 N–H and O–H groups in total. The molecule has 0 bridgehead atoms. The van der Waals surface area contributed by atoms with Gasteiger partial charge in [0.2, 0.25) is 0 Å². The Kier molecular flexibility index (Phi) is 4.81. The van der Waals surface area contributed by atoms with Gasteiger partial charge in [0.25, 0.3) is 0 Å².